The van der Waals surface area contributed by atoms with Gasteiger partial charge >= 0.3 is 0 Å². The van der Waals surface area contributed by atoms with Gasteiger partial charge in [-0.1, -0.05) is 17.3 Å². The van der Waals surface area contributed by atoms with Crippen molar-refractivity contribution in [2.45, 2.75) is 83.5 Å². The lowest BCUT2D eigenvalue weighted by Gasteiger charge is -2.30. The molecular weight excluding hydrogens is 514 g/mol. The number of aryl methyl sites for hydroxylation is 2. The van der Waals surface area contributed by atoms with E-state index in [-0.39, 0.29) is 30.6 Å². The SMILES string of the molecule is CO[C@H]1CC[C@H](Nc2ccc(-c3c(C)noc3C)cc2NC(=O)CN2[C@@H](C)CC[C@H]2c2ccc(F)c(F)c2)CC1. The van der Waals surface area contributed by atoms with Crippen molar-refractivity contribution >= 4 is 17.3 Å². The normalized spacial score (nSPS) is 23.4. The monoisotopic (exact) mass is 552 g/mol. The summed E-state index contributed by atoms with van der Waals surface area (Å²) in [5, 5.41) is 10.9. The van der Waals surface area contributed by atoms with Crippen molar-refractivity contribution in [2.75, 3.05) is 24.3 Å². The van der Waals surface area contributed by atoms with E-state index in [9.17, 15) is 13.6 Å². The number of nitrogens with zero attached hydrogens (tertiary/aromatic N) is 2. The zero-order valence-corrected chi connectivity index (χ0v) is 23.6. The van der Waals surface area contributed by atoms with Crippen LogP contribution in [0.3, 0.4) is 0 Å². The number of rotatable bonds is 8. The number of nitrogens with one attached hydrogen (secondary N) is 2. The van der Waals surface area contributed by atoms with Gasteiger partial charge in [0.15, 0.2) is 11.6 Å². The summed E-state index contributed by atoms with van der Waals surface area (Å²) in [4.78, 5) is 15.6. The largest absolute Gasteiger partial charge is 0.381 e. The number of methoxy groups -OCH3 is 1. The van der Waals surface area contributed by atoms with Gasteiger partial charge in [0, 0.05) is 30.8 Å². The Morgan fingerprint density at radius 2 is 1.80 bits per heavy atom. The highest BCUT2D eigenvalue weighted by molar-refractivity contribution is 5.96. The second kappa shape index (κ2) is 12.1. The van der Waals surface area contributed by atoms with Crippen molar-refractivity contribution in [3.63, 3.8) is 0 Å². The van der Waals surface area contributed by atoms with Crippen LogP contribution in [0.2, 0.25) is 0 Å². The third-order valence-electron chi connectivity index (χ3n) is 8.46. The molecule has 0 unspecified atom stereocenters. The average Bonchev–Trinajstić information content (AvgIpc) is 3.47. The number of hydrogen-bond acceptors (Lipinski definition) is 6. The highest BCUT2D eigenvalue weighted by atomic mass is 19.2. The average molecular weight is 553 g/mol. The van der Waals surface area contributed by atoms with Gasteiger partial charge in [-0.05, 0) is 94.7 Å². The van der Waals surface area contributed by atoms with Crippen LogP contribution in [0.25, 0.3) is 11.1 Å². The summed E-state index contributed by atoms with van der Waals surface area (Å²) in [6.07, 6.45) is 5.89. The molecule has 0 bridgehead atoms. The van der Waals surface area contributed by atoms with Gasteiger partial charge in [-0.2, -0.15) is 0 Å². The maximum absolute atomic E-state index is 14.0. The van der Waals surface area contributed by atoms with E-state index < -0.39 is 11.6 Å². The van der Waals surface area contributed by atoms with Crippen LogP contribution < -0.4 is 10.6 Å². The van der Waals surface area contributed by atoms with Crippen LogP contribution in [0.1, 0.15) is 68.5 Å². The summed E-state index contributed by atoms with van der Waals surface area (Å²) in [6, 6.07) is 10.3. The molecule has 0 spiro atoms. The van der Waals surface area contributed by atoms with Crippen LogP contribution in [0.4, 0.5) is 20.2 Å². The maximum atomic E-state index is 14.0. The molecule has 0 radical (unpaired) electrons. The van der Waals surface area contributed by atoms with E-state index in [1.807, 2.05) is 32.0 Å². The van der Waals surface area contributed by atoms with Gasteiger partial charge in [-0.3, -0.25) is 9.69 Å². The van der Waals surface area contributed by atoms with Crippen molar-refractivity contribution in [3.05, 3.63) is 65.1 Å². The van der Waals surface area contributed by atoms with Crippen LogP contribution in [0.5, 0.6) is 0 Å². The van der Waals surface area contributed by atoms with E-state index in [0.717, 1.165) is 67.1 Å². The fourth-order valence-electron chi connectivity index (χ4n) is 6.22. The Labute approximate surface area is 234 Å². The first-order chi connectivity index (χ1) is 19.2. The first-order valence-corrected chi connectivity index (χ1v) is 14.1. The molecule has 5 rings (SSSR count). The number of aromatic nitrogens is 1. The van der Waals surface area contributed by atoms with E-state index in [2.05, 4.69) is 27.6 Å². The lowest BCUT2D eigenvalue weighted by atomic mass is 9.92. The van der Waals surface area contributed by atoms with Crippen LogP contribution in [-0.4, -0.2) is 47.8 Å². The molecule has 1 saturated carbocycles. The molecule has 2 atom stereocenters. The Kier molecular flexibility index (Phi) is 8.51. The number of carbonyl (C=O) groups excluding carboxylic acids is 1. The Morgan fingerprint density at radius 1 is 1.02 bits per heavy atom. The molecule has 7 nitrogen and oxygen atoms in total. The fraction of sp³-hybridized carbons (Fsp3) is 0.484. The third-order valence-corrected chi connectivity index (χ3v) is 8.46. The molecule has 1 amide bonds. The van der Waals surface area contributed by atoms with Gasteiger partial charge < -0.3 is 19.9 Å². The first kappa shape index (κ1) is 28.2. The maximum Gasteiger partial charge on any atom is 0.238 e. The van der Waals surface area contributed by atoms with Crippen LogP contribution in [0.15, 0.2) is 40.9 Å². The van der Waals surface area contributed by atoms with Crippen molar-refractivity contribution in [3.8, 4) is 11.1 Å². The second-order valence-corrected chi connectivity index (χ2v) is 11.1. The first-order valence-electron chi connectivity index (χ1n) is 14.1. The van der Waals surface area contributed by atoms with Gasteiger partial charge in [0.05, 0.1) is 29.7 Å². The van der Waals surface area contributed by atoms with Crippen LogP contribution >= 0.6 is 0 Å². The molecule has 1 aromatic heterocycles. The predicted octanol–water partition coefficient (Wildman–Crippen LogP) is 6.77. The summed E-state index contributed by atoms with van der Waals surface area (Å²) >= 11 is 0. The lowest BCUT2D eigenvalue weighted by molar-refractivity contribution is -0.118. The quantitative estimate of drug-likeness (QED) is 0.321. The zero-order valence-electron chi connectivity index (χ0n) is 23.6. The van der Waals surface area contributed by atoms with E-state index in [1.54, 1.807) is 13.2 Å². The number of ether oxygens (including phenoxy) is 1. The fourth-order valence-corrected chi connectivity index (χ4v) is 6.22. The summed E-state index contributed by atoms with van der Waals surface area (Å²) in [6.45, 7) is 5.98. The summed E-state index contributed by atoms with van der Waals surface area (Å²) in [7, 11) is 1.76. The molecule has 1 aliphatic carbocycles. The van der Waals surface area contributed by atoms with Gasteiger partial charge in [0.2, 0.25) is 5.91 Å². The standard InChI is InChI=1S/C31H38F2N4O3/c1-18-5-14-29(21-6-12-25(32)26(33)15-21)37(18)17-30(38)35-28-16-22(31-19(2)36-40-20(31)3)7-13-27(28)34-23-8-10-24(39-4)11-9-23/h6-7,12-13,15-16,18,23-24,29,34H,5,8-11,14,17H2,1-4H3,(H,35,38)/t18-,23-,24-,29-/m0/s1. The molecule has 2 N–H and O–H groups in total. The minimum Gasteiger partial charge on any atom is -0.381 e. The predicted molar refractivity (Wildman–Crippen MR) is 151 cm³/mol. The summed E-state index contributed by atoms with van der Waals surface area (Å²) < 4.78 is 38.5. The molecule has 2 aromatic carbocycles. The number of likely N-dealkylation sites (tertiary alicyclic amines) is 1. The Balaban J connectivity index is 1.37. The smallest absolute Gasteiger partial charge is 0.238 e. The van der Waals surface area contributed by atoms with E-state index >= 15 is 0 Å². The highest BCUT2D eigenvalue weighted by Gasteiger charge is 2.33. The van der Waals surface area contributed by atoms with Gasteiger partial charge in [0.1, 0.15) is 5.76 Å². The van der Waals surface area contributed by atoms with Crippen molar-refractivity contribution in [2.24, 2.45) is 0 Å². The molecule has 2 aliphatic rings. The molecule has 1 saturated heterocycles. The Hall–Kier alpha value is -3.30. The number of hydrogen-bond donors (Lipinski definition) is 2. The number of benzene rings is 2. The number of amides is 1. The molecule has 2 fully saturated rings. The minimum atomic E-state index is -0.868. The van der Waals surface area contributed by atoms with Crippen molar-refractivity contribution < 1.29 is 22.8 Å². The van der Waals surface area contributed by atoms with Gasteiger partial charge in [-0.15, -0.1) is 0 Å². The molecule has 3 aromatic rings. The topological polar surface area (TPSA) is 79.6 Å². The summed E-state index contributed by atoms with van der Waals surface area (Å²) in [5.41, 5.74) is 4.84. The number of anilines is 2. The number of carbonyl (C=O) groups is 1. The molecule has 2 heterocycles. The van der Waals surface area contributed by atoms with Crippen molar-refractivity contribution in [1.82, 2.24) is 10.1 Å². The zero-order chi connectivity index (χ0) is 28.4. The minimum absolute atomic E-state index is 0.131. The van der Waals surface area contributed by atoms with E-state index in [4.69, 9.17) is 9.26 Å². The second-order valence-electron chi connectivity index (χ2n) is 11.1. The number of halogens is 2. The molecule has 9 heteroatoms. The van der Waals surface area contributed by atoms with Gasteiger partial charge in [0.25, 0.3) is 0 Å². The molecule has 1 aliphatic heterocycles. The van der Waals surface area contributed by atoms with Crippen LogP contribution in [-0.2, 0) is 9.53 Å². The van der Waals surface area contributed by atoms with Crippen molar-refractivity contribution in [1.29, 1.82) is 0 Å². The highest BCUT2D eigenvalue weighted by Crippen LogP contribution is 2.37. The third kappa shape index (κ3) is 6.05. The Morgan fingerprint density at radius 3 is 2.48 bits per heavy atom. The van der Waals surface area contributed by atoms with E-state index in [0.29, 0.717) is 23.1 Å². The van der Waals surface area contributed by atoms with E-state index in [1.165, 1.54) is 6.07 Å². The summed E-state index contributed by atoms with van der Waals surface area (Å²) in [5.74, 6) is -1.18. The van der Waals surface area contributed by atoms with Gasteiger partial charge in [-0.25, -0.2) is 8.78 Å². The lowest BCUT2D eigenvalue weighted by Crippen LogP contribution is -2.37. The molecule has 214 valence electrons. The van der Waals surface area contributed by atoms with Crippen LogP contribution in [0, 0.1) is 25.5 Å². The Bertz CT molecular complexity index is 1330. The molecule has 40 heavy (non-hydrogen) atoms. The molecular formula is C31H38F2N4O3.